The van der Waals surface area contributed by atoms with Gasteiger partial charge >= 0.3 is 0 Å². The summed E-state index contributed by atoms with van der Waals surface area (Å²) >= 11 is 0. The van der Waals surface area contributed by atoms with Crippen molar-refractivity contribution in [1.82, 2.24) is 4.90 Å². The third-order valence-electron chi connectivity index (χ3n) is 7.32. The number of methoxy groups -OCH3 is 2. The van der Waals surface area contributed by atoms with E-state index in [1.807, 2.05) is 18.2 Å². The molecule has 4 rings (SSSR count). The molecule has 0 aliphatic heterocycles. The van der Waals surface area contributed by atoms with Gasteiger partial charge in [-0.1, -0.05) is 32.0 Å². The van der Waals surface area contributed by atoms with Gasteiger partial charge in [-0.3, -0.25) is 0 Å². The van der Waals surface area contributed by atoms with Gasteiger partial charge in [-0.2, -0.15) is 0 Å². The second kappa shape index (κ2) is 12.4. The van der Waals surface area contributed by atoms with E-state index in [1.165, 1.54) is 17.5 Å². The van der Waals surface area contributed by atoms with Crippen LogP contribution in [0.25, 0.3) is 11.1 Å². The molecule has 0 aromatic heterocycles. The van der Waals surface area contributed by atoms with Gasteiger partial charge in [0.05, 0.1) is 19.9 Å². The number of ether oxygens (including phenoxy) is 3. The topological polar surface area (TPSA) is 77.2 Å². The summed E-state index contributed by atoms with van der Waals surface area (Å²) in [5, 5.41) is 11.1. The third kappa shape index (κ3) is 6.18. The second-order valence-electron chi connectivity index (χ2n) is 10.7. The Morgan fingerprint density at radius 2 is 1.74 bits per heavy atom. The number of hydrogen-bond acceptors (Lipinski definition) is 6. The van der Waals surface area contributed by atoms with Crippen LogP contribution in [0.2, 0.25) is 0 Å². The second-order valence-corrected chi connectivity index (χ2v) is 10.7. The third-order valence-corrected chi connectivity index (χ3v) is 7.32. The Balaban J connectivity index is 1.65. The summed E-state index contributed by atoms with van der Waals surface area (Å²) in [6.45, 7) is 7.03. The van der Waals surface area contributed by atoms with Gasteiger partial charge in [-0.25, -0.2) is 0 Å². The molecule has 0 atom stereocenters. The predicted molar refractivity (Wildman–Crippen MR) is 155 cm³/mol. The summed E-state index contributed by atoms with van der Waals surface area (Å²) in [6.07, 6.45) is 4.82. The Kier molecular flexibility index (Phi) is 9.05. The summed E-state index contributed by atoms with van der Waals surface area (Å²) in [4.78, 5) is 2.29. The van der Waals surface area contributed by atoms with Gasteiger partial charge in [0.2, 0.25) is 0 Å². The van der Waals surface area contributed by atoms with Crippen molar-refractivity contribution in [2.24, 2.45) is 5.92 Å². The number of phenols is 1. The number of rotatable bonds is 11. The fraction of sp³-hybridized carbons (Fsp3) is 0.438. The van der Waals surface area contributed by atoms with Crippen LogP contribution in [0.5, 0.6) is 23.0 Å². The lowest BCUT2D eigenvalue weighted by Gasteiger charge is -2.24. The van der Waals surface area contributed by atoms with Crippen LogP contribution in [0.15, 0.2) is 42.5 Å². The maximum absolute atomic E-state index is 11.1. The summed E-state index contributed by atoms with van der Waals surface area (Å²) < 4.78 is 17.3. The number of aryl methyl sites for hydroxylation is 1. The minimum atomic E-state index is 0.268. The summed E-state index contributed by atoms with van der Waals surface area (Å²) in [5.74, 6) is 2.83. The largest absolute Gasteiger partial charge is 0.507 e. The number of phenolic OH excluding ortho intramolecular Hbond substituents is 1. The lowest BCUT2D eigenvalue weighted by Crippen LogP contribution is -2.27. The minimum Gasteiger partial charge on any atom is -0.507 e. The molecule has 0 fully saturated rings. The zero-order chi connectivity index (χ0) is 27.2. The molecule has 0 spiro atoms. The molecule has 38 heavy (non-hydrogen) atoms. The quantitative estimate of drug-likeness (QED) is 0.299. The van der Waals surface area contributed by atoms with Crippen LogP contribution in [-0.4, -0.2) is 51.0 Å². The maximum atomic E-state index is 11.1. The Bertz CT molecular complexity index is 1240. The molecule has 0 unspecified atom stereocenters. The van der Waals surface area contributed by atoms with Crippen molar-refractivity contribution in [3.8, 4) is 34.1 Å². The highest BCUT2D eigenvalue weighted by Crippen LogP contribution is 2.47. The zero-order valence-corrected chi connectivity index (χ0v) is 23.5. The molecule has 0 saturated carbocycles. The Morgan fingerprint density at radius 1 is 1.00 bits per heavy atom. The van der Waals surface area contributed by atoms with Crippen molar-refractivity contribution < 1.29 is 19.3 Å². The van der Waals surface area contributed by atoms with Crippen molar-refractivity contribution in [2.45, 2.75) is 46.0 Å². The van der Waals surface area contributed by atoms with Crippen LogP contribution in [0.1, 0.15) is 48.9 Å². The van der Waals surface area contributed by atoms with E-state index in [4.69, 9.17) is 19.9 Å². The number of hydrogen-bond donors (Lipinski definition) is 2. The number of likely N-dealkylation sites (N-methyl/N-ethyl adjacent to an activating group) is 1. The Morgan fingerprint density at radius 3 is 2.42 bits per heavy atom. The van der Waals surface area contributed by atoms with Crippen molar-refractivity contribution >= 4 is 5.69 Å². The van der Waals surface area contributed by atoms with Crippen LogP contribution in [0.3, 0.4) is 0 Å². The predicted octanol–water partition coefficient (Wildman–Crippen LogP) is 6.09. The molecule has 0 bridgehead atoms. The van der Waals surface area contributed by atoms with E-state index < -0.39 is 0 Å². The van der Waals surface area contributed by atoms with Crippen LogP contribution in [0, 0.1) is 5.92 Å². The van der Waals surface area contributed by atoms with E-state index in [2.05, 4.69) is 44.0 Å². The van der Waals surface area contributed by atoms with E-state index in [0.717, 1.165) is 60.4 Å². The van der Waals surface area contributed by atoms with Gasteiger partial charge in [-0.15, -0.1) is 0 Å². The highest BCUT2D eigenvalue weighted by Gasteiger charge is 2.24. The summed E-state index contributed by atoms with van der Waals surface area (Å²) in [7, 11) is 5.34. The first-order valence-corrected chi connectivity index (χ1v) is 13.6. The number of benzene rings is 3. The summed E-state index contributed by atoms with van der Waals surface area (Å²) in [5.41, 5.74) is 13.5. The van der Waals surface area contributed by atoms with Crippen molar-refractivity contribution in [2.75, 3.05) is 46.7 Å². The average molecular weight is 519 g/mol. The van der Waals surface area contributed by atoms with Gasteiger partial charge in [0.25, 0.3) is 0 Å². The molecule has 1 aliphatic rings. The number of anilines is 1. The van der Waals surface area contributed by atoms with Crippen molar-refractivity contribution in [3.05, 3.63) is 64.7 Å². The molecule has 1 aliphatic carbocycles. The first-order valence-electron chi connectivity index (χ1n) is 13.6. The molecule has 6 nitrogen and oxygen atoms in total. The van der Waals surface area contributed by atoms with Gasteiger partial charge in [0.1, 0.15) is 18.1 Å². The monoisotopic (exact) mass is 518 g/mol. The highest BCUT2D eigenvalue weighted by atomic mass is 16.5. The van der Waals surface area contributed by atoms with E-state index in [0.29, 0.717) is 36.1 Å². The van der Waals surface area contributed by atoms with Gasteiger partial charge < -0.3 is 30.0 Å². The molecular weight excluding hydrogens is 476 g/mol. The number of nitrogens with zero attached hydrogens (tertiary/aromatic N) is 1. The average Bonchev–Trinajstić information content (AvgIpc) is 2.90. The molecule has 0 amide bonds. The van der Waals surface area contributed by atoms with E-state index in [1.54, 1.807) is 20.3 Å². The van der Waals surface area contributed by atoms with Crippen molar-refractivity contribution in [1.29, 1.82) is 0 Å². The molecular formula is C32H42N2O4. The Labute approximate surface area is 227 Å². The molecule has 3 N–H and O–H groups in total. The van der Waals surface area contributed by atoms with E-state index >= 15 is 0 Å². The van der Waals surface area contributed by atoms with Crippen LogP contribution >= 0.6 is 0 Å². The van der Waals surface area contributed by atoms with Gasteiger partial charge in [0, 0.05) is 25.1 Å². The lowest BCUT2D eigenvalue weighted by molar-refractivity contribution is 0.223. The summed E-state index contributed by atoms with van der Waals surface area (Å²) in [6, 6.07) is 14.0. The highest BCUT2D eigenvalue weighted by molar-refractivity contribution is 5.85. The number of aromatic hydroxyl groups is 1. The first kappa shape index (κ1) is 27.6. The fourth-order valence-corrected chi connectivity index (χ4v) is 5.53. The standard InChI is InChI=1S/C32H42N2O4/c1-21(2)20-34(3)16-17-38-24-13-10-22(11-14-24)18-27-26(19-29(36-4)32(37-5)31(27)33)30-25-9-7-6-8-23(25)12-15-28(30)35/h10-15,19,21,35H,6-9,16-18,20,33H2,1-5H3. The molecule has 0 heterocycles. The van der Waals surface area contributed by atoms with Crippen molar-refractivity contribution in [3.63, 3.8) is 0 Å². The Hall–Kier alpha value is -3.38. The number of nitrogen functional groups attached to an aromatic ring is 1. The van der Waals surface area contributed by atoms with Gasteiger partial charge in [0.15, 0.2) is 11.5 Å². The molecule has 0 radical (unpaired) electrons. The van der Waals surface area contributed by atoms with Crippen LogP contribution < -0.4 is 19.9 Å². The van der Waals surface area contributed by atoms with Gasteiger partial charge in [-0.05, 0) is 90.7 Å². The maximum Gasteiger partial charge on any atom is 0.184 e. The van der Waals surface area contributed by atoms with Crippen LogP contribution in [0.4, 0.5) is 5.69 Å². The molecule has 3 aromatic carbocycles. The minimum absolute atomic E-state index is 0.268. The fourth-order valence-electron chi connectivity index (χ4n) is 5.53. The van der Waals surface area contributed by atoms with Crippen LogP contribution in [-0.2, 0) is 19.3 Å². The molecule has 6 heteroatoms. The lowest BCUT2D eigenvalue weighted by atomic mass is 9.83. The molecule has 204 valence electrons. The van der Waals surface area contributed by atoms with E-state index in [-0.39, 0.29) is 5.75 Å². The SMILES string of the molecule is COc1cc(-c2c(O)ccc3c2CCCC3)c(Cc2ccc(OCCN(C)CC(C)C)cc2)c(N)c1OC. The zero-order valence-electron chi connectivity index (χ0n) is 23.5. The normalized spacial score (nSPS) is 13.0. The smallest absolute Gasteiger partial charge is 0.184 e. The van der Waals surface area contributed by atoms with E-state index in [9.17, 15) is 5.11 Å². The first-order chi connectivity index (χ1) is 18.3. The number of nitrogens with two attached hydrogens (primary N) is 1. The molecule has 3 aromatic rings. The molecule has 0 saturated heterocycles. The number of fused-ring (bicyclic) bond motifs is 1.